The molecule has 5 aromatic rings. The largest absolute Gasteiger partial charge is 0.497 e. The zero-order valence-corrected chi connectivity index (χ0v) is 18.3. The number of anilines is 2. The molecule has 0 bridgehead atoms. The Kier molecular flexibility index (Phi) is 4.89. The number of rotatable bonds is 6. The van der Waals surface area contributed by atoms with Gasteiger partial charge in [-0.3, -0.25) is 4.68 Å². The number of nitrogen functional groups attached to an aromatic ring is 1. The fourth-order valence-electron chi connectivity index (χ4n) is 4.00. The molecule has 162 valence electrons. The van der Waals surface area contributed by atoms with Crippen molar-refractivity contribution >= 4 is 33.6 Å². The van der Waals surface area contributed by atoms with Gasteiger partial charge in [-0.1, -0.05) is 12.1 Å². The molecular formula is C24H25N7O. The van der Waals surface area contributed by atoms with Crippen molar-refractivity contribution in [1.29, 1.82) is 0 Å². The van der Waals surface area contributed by atoms with Crippen LogP contribution in [0.5, 0.6) is 5.75 Å². The molecule has 0 spiro atoms. The molecule has 5 rings (SSSR count). The highest BCUT2D eigenvalue weighted by atomic mass is 16.5. The van der Waals surface area contributed by atoms with Crippen molar-refractivity contribution in [3.8, 4) is 16.9 Å². The molecule has 8 nitrogen and oxygen atoms in total. The van der Waals surface area contributed by atoms with E-state index in [1.54, 1.807) is 13.3 Å². The molecule has 0 aliphatic carbocycles. The van der Waals surface area contributed by atoms with E-state index >= 15 is 0 Å². The van der Waals surface area contributed by atoms with Crippen molar-refractivity contribution in [1.82, 2.24) is 24.7 Å². The van der Waals surface area contributed by atoms with Gasteiger partial charge in [0.1, 0.15) is 11.6 Å². The normalized spacial score (nSPS) is 11.3. The van der Waals surface area contributed by atoms with Crippen LogP contribution in [0, 0.1) is 6.92 Å². The molecule has 32 heavy (non-hydrogen) atoms. The average molecular weight is 428 g/mol. The summed E-state index contributed by atoms with van der Waals surface area (Å²) < 4.78 is 7.22. The number of methoxy groups -OCH3 is 1. The first-order chi connectivity index (χ1) is 15.5. The number of ether oxygens (including phenoxy) is 1. The number of hydrogen-bond donors (Lipinski definition) is 3. The Balaban J connectivity index is 1.31. The highest BCUT2D eigenvalue weighted by Crippen LogP contribution is 2.29. The van der Waals surface area contributed by atoms with Crippen LogP contribution in [-0.2, 0) is 13.5 Å². The summed E-state index contributed by atoms with van der Waals surface area (Å²) in [6.45, 7) is 2.74. The van der Waals surface area contributed by atoms with Gasteiger partial charge >= 0.3 is 0 Å². The fraction of sp³-hybridized carbons (Fsp3) is 0.208. The van der Waals surface area contributed by atoms with Crippen molar-refractivity contribution in [2.45, 2.75) is 13.3 Å². The number of benzene rings is 2. The van der Waals surface area contributed by atoms with Crippen LogP contribution in [0.3, 0.4) is 0 Å². The molecule has 0 saturated heterocycles. The van der Waals surface area contributed by atoms with Crippen LogP contribution < -0.4 is 15.8 Å². The maximum absolute atomic E-state index is 6.27. The number of aromatic amines is 1. The van der Waals surface area contributed by atoms with E-state index in [1.807, 2.05) is 48.3 Å². The summed E-state index contributed by atoms with van der Waals surface area (Å²) in [5.41, 5.74) is 12.4. The maximum atomic E-state index is 6.27. The Morgan fingerprint density at radius 1 is 1.16 bits per heavy atom. The van der Waals surface area contributed by atoms with Crippen molar-refractivity contribution in [3.63, 3.8) is 0 Å². The van der Waals surface area contributed by atoms with Crippen molar-refractivity contribution < 1.29 is 4.74 Å². The van der Waals surface area contributed by atoms with Gasteiger partial charge in [0.05, 0.1) is 12.6 Å². The summed E-state index contributed by atoms with van der Waals surface area (Å²) in [7, 11) is 3.62. The van der Waals surface area contributed by atoms with E-state index < -0.39 is 0 Å². The van der Waals surface area contributed by atoms with E-state index in [0.29, 0.717) is 18.3 Å². The molecule has 3 aromatic heterocycles. The second-order valence-electron chi connectivity index (χ2n) is 7.84. The molecule has 0 saturated carbocycles. The Morgan fingerprint density at radius 2 is 2.03 bits per heavy atom. The Bertz CT molecular complexity index is 1430. The standard InChI is InChI=1S/C24H25N7O/c1-14-18-6-4-15(10-22(18)30-31(14)2)20-13-28-24(29-23(20)25)26-9-8-16-12-27-21-7-5-17(32-3)11-19(16)21/h4-7,10-13,27H,8-9H2,1-3H3,(H3,25,26,28,29). The second kappa shape index (κ2) is 7.88. The van der Waals surface area contributed by atoms with Crippen LogP contribution in [0.4, 0.5) is 11.8 Å². The van der Waals surface area contributed by atoms with Crippen LogP contribution in [0.25, 0.3) is 32.9 Å². The molecule has 3 heterocycles. The Morgan fingerprint density at radius 3 is 2.84 bits per heavy atom. The number of nitrogens with zero attached hydrogens (tertiary/aromatic N) is 4. The predicted octanol–water partition coefficient (Wildman–Crippen LogP) is 4.07. The second-order valence-corrected chi connectivity index (χ2v) is 7.84. The van der Waals surface area contributed by atoms with Gasteiger partial charge in [-0.25, -0.2) is 4.98 Å². The smallest absolute Gasteiger partial charge is 0.224 e. The van der Waals surface area contributed by atoms with Crippen molar-refractivity contribution in [2.75, 3.05) is 24.7 Å². The molecule has 0 atom stereocenters. The average Bonchev–Trinajstić information content (AvgIpc) is 3.33. The highest BCUT2D eigenvalue weighted by molar-refractivity contribution is 5.88. The number of hydrogen-bond acceptors (Lipinski definition) is 6. The topological polar surface area (TPSA) is 107 Å². The lowest BCUT2D eigenvalue weighted by Crippen LogP contribution is -2.09. The third-order valence-electron chi connectivity index (χ3n) is 5.91. The molecular weight excluding hydrogens is 402 g/mol. The van der Waals surface area contributed by atoms with Crippen molar-refractivity contribution in [3.05, 3.63) is 60.0 Å². The van der Waals surface area contributed by atoms with E-state index in [4.69, 9.17) is 10.5 Å². The first-order valence-electron chi connectivity index (χ1n) is 10.5. The summed E-state index contributed by atoms with van der Waals surface area (Å²) in [5.74, 6) is 1.79. The minimum Gasteiger partial charge on any atom is -0.497 e. The van der Waals surface area contributed by atoms with Crippen LogP contribution in [0.1, 0.15) is 11.3 Å². The molecule has 4 N–H and O–H groups in total. The first-order valence-corrected chi connectivity index (χ1v) is 10.5. The van der Waals surface area contributed by atoms with E-state index in [1.165, 1.54) is 5.56 Å². The Labute approximate surface area is 185 Å². The van der Waals surface area contributed by atoms with Crippen LogP contribution in [0.15, 0.2) is 48.8 Å². The quantitative estimate of drug-likeness (QED) is 0.377. The predicted molar refractivity (Wildman–Crippen MR) is 128 cm³/mol. The number of nitrogens with two attached hydrogens (primary N) is 1. The third-order valence-corrected chi connectivity index (χ3v) is 5.91. The van der Waals surface area contributed by atoms with Gasteiger partial charge in [-0.15, -0.1) is 0 Å². The summed E-state index contributed by atoms with van der Waals surface area (Å²) >= 11 is 0. The van der Waals surface area contributed by atoms with Crippen LogP contribution in [-0.4, -0.2) is 38.4 Å². The van der Waals surface area contributed by atoms with E-state index in [9.17, 15) is 0 Å². The molecule has 8 heteroatoms. The van der Waals surface area contributed by atoms with E-state index in [2.05, 4.69) is 38.4 Å². The summed E-state index contributed by atoms with van der Waals surface area (Å²) in [6.07, 6.45) is 4.60. The lowest BCUT2D eigenvalue weighted by molar-refractivity contribution is 0.415. The summed E-state index contributed by atoms with van der Waals surface area (Å²) in [5, 5.41) is 10.1. The van der Waals surface area contributed by atoms with Crippen LogP contribution >= 0.6 is 0 Å². The molecule has 0 amide bonds. The van der Waals surface area contributed by atoms with Crippen molar-refractivity contribution in [2.24, 2.45) is 7.05 Å². The van der Waals surface area contributed by atoms with E-state index in [-0.39, 0.29) is 0 Å². The zero-order chi connectivity index (χ0) is 22.2. The van der Waals surface area contributed by atoms with Gasteiger partial charge in [-0.05, 0) is 48.7 Å². The maximum Gasteiger partial charge on any atom is 0.224 e. The Hall–Kier alpha value is -4.07. The highest BCUT2D eigenvalue weighted by Gasteiger charge is 2.11. The van der Waals surface area contributed by atoms with Gasteiger partial charge in [0.25, 0.3) is 0 Å². The molecule has 0 aliphatic heterocycles. The van der Waals surface area contributed by atoms with Gasteiger partial charge in [0.15, 0.2) is 0 Å². The van der Waals surface area contributed by atoms with Gasteiger partial charge in [0, 0.05) is 53.5 Å². The number of aromatic nitrogens is 5. The summed E-state index contributed by atoms with van der Waals surface area (Å²) in [4.78, 5) is 12.2. The summed E-state index contributed by atoms with van der Waals surface area (Å²) in [6, 6.07) is 12.1. The monoisotopic (exact) mass is 427 g/mol. The molecule has 2 aromatic carbocycles. The molecule has 0 aliphatic rings. The van der Waals surface area contributed by atoms with Gasteiger partial charge in [0.2, 0.25) is 5.95 Å². The molecule has 0 fully saturated rings. The van der Waals surface area contributed by atoms with Gasteiger partial charge in [-0.2, -0.15) is 10.1 Å². The third kappa shape index (κ3) is 3.49. The number of fused-ring (bicyclic) bond motifs is 2. The number of nitrogens with one attached hydrogen (secondary N) is 2. The lowest BCUT2D eigenvalue weighted by atomic mass is 10.1. The molecule has 0 unspecified atom stereocenters. The van der Waals surface area contributed by atoms with Crippen LogP contribution in [0.2, 0.25) is 0 Å². The van der Waals surface area contributed by atoms with E-state index in [0.717, 1.165) is 50.8 Å². The minimum atomic E-state index is 0.436. The first kappa shape index (κ1) is 19.9. The SMILES string of the molecule is COc1ccc2[nH]cc(CCNc3ncc(-c4ccc5c(C)n(C)nc5c4)c(N)n3)c2c1. The minimum absolute atomic E-state index is 0.436. The zero-order valence-electron chi connectivity index (χ0n) is 18.3. The molecule has 0 radical (unpaired) electrons. The number of aryl methyl sites for hydroxylation is 2. The lowest BCUT2D eigenvalue weighted by Gasteiger charge is -2.09. The van der Waals surface area contributed by atoms with Gasteiger partial charge < -0.3 is 20.8 Å². The fourth-order valence-corrected chi connectivity index (χ4v) is 4.00. The number of H-pyrrole nitrogens is 1.